The highest BCUT2D eigenvalue weighted by molar-refractivity contribution is 9.10. The molecule has 1 aliphatic carbocycles. The molecule has 0 spiro atoms. The van der Waals surface area contributed by atoms with E-state index in [0.717, 1.165) is 10.0 Å². The van der Waals surface area contributed by atoms with Gasteiger partial charge in [0.15, 0.2) is 5.78 Å². The molecule has 0 amide bonds. The van der Waals surface area contributed by atoms with Gasteiger partial charge >= 0.3 is 11.9 Å². The molecule has 136 valence electrons. The molecule has 0 aliphatic heterocycles. The second kappa shape index (κ2) is 7.28. The van der Waals surface area contributed by atoms with Gasteiger partial charge in [-0.1, -0.05) is 35.8 Å². The van der Waals surface area contributed by atoms with Crippen LogP contribution in [0.4, 0.5) is 0 Å². The first-order valence-corrected chi connectivity index (χ1v) is 8.97. The van der Waals surface area contributed by atoms with Crippen molar-refractivity contribution in [3.8, 4) is 0 Å². The standard InChI is InChI=1S/C19H23BrO5/c1-18(2)14-6-5-12(20)11-13(14)17(23)19(18,9-7-15(21)24-3)10-8-16(22)25-4/h5-6,11H,7-10H2,1-4H3. The fraction of sp³-hybridized carbons (Fsp3) is 0.526. The number of rotatable bonds is 6. The van der Waals surface area contributed by atoms with Crippen molar-refractivity contribution in [1.29, 1.82) is 0 Å². The molecule has 0 saturated carbocycles. The first-order chi connectivity index (χ1) is 11.7. The molecule has 5 nitrogen and oxygen atoms in total. The van der Waals surface area contributed by atoms with Crippen molar-refractivity contribution in [2.45, 2.75) is 44.9 Å². The summed E-state index contributed by atoms with van der Waals surface area (Å²) < 4.78 is 10.3. The van der Waals surface area contributed by atoms with Crippen molar-refractivity contribution < 1.29 is 23.9 Å². The Labute approximate surface area is 156 Å². The highest BCUT2D eigenvalue weighted by atomic mass is 79.9. The molecule has 0 bridgehead atoms. The van der Waals surface area contributed by atoms with E-state index in [1.165, 1.54) is 14.2 Å². The lowest BCUT2D eigenvalue weighted by Gasteiger charge is -2.40. The average Bonchev–Trinajstić information content (AvgIpc) is 2.75. The number of halogens is 1. The average molecular weight is 411 g/mol. The van der Waals surface area contributed by atoms with Crippen LogP contribution in [0, 0.1) is 5.41 Å². The zero-order chi connectivity index (χ0) is 18.8. The fourth-order valence-corrected chi connectivity index (χ4v) is 4.22. The molecular weight excluding hydrogens is 388 g/mol. The number of carbonyl (C=O) groups is 3. The summed E-state index contributed by atoms with van der Waals surface area (Å²) in [6.07, 6.45) is 0.910. The van der Waals surface area contributed by atoms with Crippen LogP contribution in [0.25, 0.3) is 0 Å². The summed E-state index contributed by atoms with van der Waals surface area (Å²) in [5, 5.41) is 0. The molecule has 0 aromatic heterocycles. The minimum atomic E-state index is -0.849. The second-order valence-electron chi connectivity index (χ2n) is 6.88. The highest BCUT2D eigenvalue weighted by Gasteiger charge is 2.57. The first-order valence-electron chi connectivity index (χ1n) is 8.18. The van der Waals surface area contributed by atoms with Crippen LogP contribution in [0.3, 0.4) is 0 Å². The number of benzene rings is 1. The van der Waals surface area contributed by atoms with Gasteiger partial charge in [-0.2, -0.15) is 0 Å². The summed E-state index contributed by atoms with van der Waals surface area (Å²) in [4.78, 5) is 36.8. The van der Waals surface area contributed by atoms with Crippen molar-refractivity contribution in [2.75, 3.05) is 14.2 Å². The van der Waals surface area contributed by atoms with E-state index in [-0.39, 0.29) is 30.6 Å². The Morgan fingerprint density at radius 2 is 1.56 bits per heavy atom. The van der Waals surface area contributed by atoms with E-state index in [2.05, 4.69) is 15.9 Å². The smallest absolute Gasteiger partial charge is 0.305 e. The van der Waals surface area contributed by atoms with Gasteiger partial charge in [-0.15, -0.1) is 0 Å². The highest BCUT2D eigenvalue weighted by Crippen LogP contribution is 2.56. The summed E-state index contributed by atoms with van der Waals surface area (Å²) in [6, 6.07) is 5.66. The predicted molar refractivity (Wildman–Crippen MR) is 96.4 cm³/mol. The third kappa shape index (κ3) is 3.36. The Morgan fingerprint density at radius 1 is 1.04 bits per heavy atom. The van der Waals surface area contributed by atoms with E-state index in [1.54, 1.807) is 0 Å². The fourth-order valence-electron chi connectivity index (χ4n) is 3.86. The minimum Gasteiger partial charge on any atom is -0.469 e. The van der Waals surface area contributed by atoms with Crippen LogP contribution in [-0.2, 0) is 24.5 Å². The summed E-state index contributed by atoms with van der Waals surface area (Å²) >= 11 is 3.41. The number of hydrogen-bond acceptors (Lipinski definition) is 5. The maximum absolute atomic E-state index is 13.4. The molecule has 0 saturated heterocycles. The summed E-state index contributed by atoms with van der Waals surface area (Å²) in [5.74, 6) is -0.752. The Hall–Kier alpha value is -1.69. The summed E-state index contributed by atoms with van der Waals surface area (Å²) in [6.45, 7) is 4.00. The van der Waals surface area contributed by atoms with Crippen LogP contribution < -0.4 is 0 Å². The molecule has 0 atom stereocenters. The summed E-state index contributed by atoms with van der Waals surface area (Å²) in [7, 11) is 2.66. The third-order valence-electron chi connectivity index (χ3n) is 5.50. The maximum atomic E-state index is 13.4. The predicted octanol–water partition coefficient (Wildman–Crippen LogP) is 3.82. The summed E-state index contributed by atoms with van der Waals surface area (Å²) in [5.41, 5.74) is 0.227. The number of hydrogen-bond donors (Lipinski definition) is 0. The van der Waals surface area contributed by atoms with Gasteiger partial charge in [-0.05, 0) is 30.5 Å². The van der Waals surface area contributed by atoms with Crippen molar-refractivity contribution in [3.63, 3.8) is 0 Å². The Bertz CT molecular complexity index is 688. The van der Waals surface area contributed by atoms with Crippen LogP contribution in [0.15, 0.2) is 22.7 Å². The lowest BCUT2D eigenvalue weighted by atomic mass is 9.61. The molecule has 2 rings (SSSR count). The maximum Gasteiger partial charge on any atom is 0.305 e. The van der Waals surface area contributed by atoms with E-state index in [4.69, 9.17) is 9.47 Å². The van der Waals surface area contributed by atoms with E-state index in [9.17, 15) is 14.4 Å². The van der Waals surface area contributed by atoms with Gasteiger partial charge in [-0.3, -0.25) is 14.4 Å². The topological polar surface area (TPSA) is 69.7 Å². The molecule has 0 radical (unpaired) electrons. The zero-order valence-corrected chi connectivity index (χ0v) is 16.6. The third-order valence-corrected chi connectivity index (χ3v) is 5.99. The van der Waals surface area contributed by atoms with Crippen LogP contribution in [0.5, 0.6) is 0 Å². The SMILES string of the molecule is COC(=O)CCC1(CCC(=O)OC)C(=O)c2cc(Br)ccc2C1(C)C. The molecule has 0 heterocycles. The van der Waals surface area contributed by atoms with Crippen molar-refractivity contribution in [3.05, 3.63) is 33.8 Å². The molecule has 0 N–H and O–H groups in total. The first kappa shape index (κ1) is 19.6. The molecule has 0 unspecified atom stereocenters. The normalized spacial score (nSPS) is 17.1. The van der Waals surface area contributed by atoms with Gasteiger partial charge in [-0.25, -0.2) is 0 Å². The molecule has 1 aromatic rings. The number of ether oxygens (including phenoxy) is 2. The van der Waals surface area contributed by atoms with Crippen molar-refractivity contribution in [2.24, 2.45) is 5.41 Å². The zero-order valence-electron chi connectivity index (χ0n) is 15.0. The lowest BCUT2D eigenvalue weighted by molar-refractivity contribution is -0.141. The van der Waals surface area contributed by atoms with Crippen molar-refractivity contribution >= 4 is 33.7 Å². The van der Waals surface area contributed by atoms with Gasteiger partial charge in [0, 0.05) is 33.7 Å². The Morgan fingerprint density at radius 3 is 2.04 bits per heavy atom. The number of methoxy groups -OCH3 is 2. The molecular formula is C19H23BrO5. The van der Waals surface area contributed by atoms with Gasteiger partial charge < -0.3 is 9.47 Å². The Kier molecular flexibility index (Phi) is 5.72. The van der Waals surface area contributed by atoms with Gasteiger partial charge in [0.1, 0.15) is 0 Å². The number of ketones is 1. The number of esters is 2. The van der Waals surface area contributed by atoms with E-state index >= 15 is 0 Å². The lowest BCUT2D eigenvalue weighted by Crippen LogP contribution is -2.42. The van der Waals surface area contributed by atoms with E-state index < -0.39 is 10.8 Å². The molecule has 6 heteroatoms. The Balaban J connectivity index is 2.48. The quantitative estimate of drug-likeness (QED) is 0.666. The van der Waals surface area contributed by atoms with Crippen LogP contribution >= 0.6 is 15.9 Å². The van der Waals surface area contributed by atoms with Crippen LogP contribution in [-0.4, -0.2) is 31.9 Å². The number of carbonyl (C=O) groups excluding carboxylic acids is 3. The van der Waals surface area contributed by atoms with Crippen LogP contribution in [0.1, 0.15) is 55.5 Å². The van der Waals surface area contributed by atoms with Gasteiger partial charge in [0.25, 0.3) is 0 Å². The molecule has 1 aromatic carbocycles. The largest absolute Gasteiger partial charge is 0.469 e. The molecule has 25 heavy (non-hydrogen) atoms. The molecule has 0 fully saturated rings. The monoisotopic (exact) mass is 410 g/mol. The van der Waals surface area contributed by atoms with Crippen molar-refractivity contribution in [1.82, 2.24) is 0 Å². The van der Waals surface area contributed by atoms with Gasteiger partial charge in [0.2, 0.25) is 0 Å². The molecule has 1 aliphatic rings. The number of fused-ring (bicyclic) bond motifs is 1. The second-order valence-corrected chi connectivity index (χ2v) is 7.79. The number of Topliss-reactive ketones (excluding diaryl/α,β-unsaturated/α-hetero) is 1. The minimum absolute atomic E-state index is 0.0263. The van der Waals surface area contributed by atoms with Crippen LogP contribution in [0.2, 0.25) is 0 Å². The van der Waals surface area contributed by atoms with E-state index in [0.29, 0.717) is 18.4 Å². The van der Waals surface area contributed by atoms with Gasteiger partial charge in [0.05, 0.1) is 14.2 Å². The van der Waals surface area contributed by atoms with E-state index in [1.807, 2.05) is 32.0 Å².